The first-order chi connectivity index (χ1) is 10.0. The van der Waals surface area contributed by atoms with Crippen molar-refractivity contribution in [2.45, 2.75) is 45.1 Å². The molecule has 1 amide bonds. The first-order valence-corrected chi connectivity index (χ1v) is 8.57. The highest BCUT2D eigenvalue weighted by Crippen LogP contribution is 2.35. The second-order valence-corrected chi connectivity index (χ2v) is 7.03. The maximum Gasteiger partial charge on any atom is 0.233 e. The van der Waals surface area contributed by atoms with Crippen LogP contribution in [0.2, 0.25) is 0 Å². The summed E-state index contributed by atoms with van der Waals surface area (Å²) in [5, 5.41) is 3.02. The second-order valence-electron chi connectivity index (χ2n) is 5.67. The highest BCUT2D eigenvalue weighted by molar-refractivity contribution is 9.10. The van der Waals surface area contributed by atoms with Gasteiger partial charge < -0.3 is 11.1 Å². The van der Waals surface area contributed by atoms with Gasteiger partial charge in [-0.25, -0.2) is 0 Å². The molecule has 1 aromatic carbocycles. The number of hydrogen-bond acceptors (Lipinski definition) is 2. The third-order valence-electron chi connectivity index (χ3n) is 4.23. The average Bonchev–Trinajstić information content (AvgIpc) is 2.73. The fourth-order valence-electron chi connectivity index (χ4n) is 2.87. The van der Waals surface area contributed by atoms with Gasteiger partial charge in [0.1, 0.15) is 0 Å². The zero-order chi connectivity index (χ0) is 15.3. The molecule has 0 unspecified atom stereocenters. The Hall–Kier alpha value is -0.940. The van der Waals surface area contributed by atoms with Crippen LogP contribution in [0.25, 0.3) is 0 Å². The fraction of sp³-hybridized carbons (Fsp3) is 0.500. The molecule has 21 heavy (non-hydrogen) atoms. The van der Waals surface area contributed by atoms with Crippen molar-refractivity contribution >= 4 is 39.0 Å². The van der Waals surface area contributed by atoms with Crippen molar-refractivity contribution in [2.24, 2.45) is 11.1 Å². The van der Waals surface area contributed by atoms with Gasteiger partial charge in [0.25, 0.3) is 0 Å². The van der Waals surface area contributed by atoms with Crippen molar-refractivity contribution < 1.29 is 4.79 Å². The van der Waals surface area contributed by atoms with Gasteiger partial charge >= 0.3 is 0 Å². The van der Waals surface area contributed by atoms with Gasteiger partial charge in [-0.1, -0.05) is 66.0 Å². The van der Waals surface area contributed by atoms with Crippen LogP contribution in [0, 0.1) is 5.41 Å². The molecule has 0 radical (unpaired) electrons. The number of nitrogens with two attached hydrogens (primary N) is 1. The first kappa shape index (κ1) is 16.4. The highest BCUT2D eigenvalue weighted by Gasteiger charge is 2.41. The number of carbonyl (C=O) groups excluding carboxylic acids is 1. The lowest BCUT2D eigenvalue weighted by Crippen LogP contribution is -2.48. The van der Waals surface area contributed by atoms with E-state index >= 15 is 0 Å². The molecule has 0 spiro atoms. The Labute approximate surface area is 139 Å². The third kappa shape index (κ3) is 4.04. The lowest BCUT2D eigenvalue weighted by molar-refractivity contribution is -0.128. The van der Waals surface area contributed by atoms with Gasteiger partial charge in [-0.2, -0.15) is 0 Å². The standard InChI is InChI=1S/C16H21BrN2OS/c17-13-7-5-12(6-8-13)11-19-15(20)16(14(18)21)9-3-1-2-4-10-16/h5-8H,1-4,9-11H2,(H2,18,21)(H,19,20). The molecule has 0 aliphatic heterocycles. The van der Waals surface area contributed by atoms with E-state index in [4.69, 9.17) is 18.0 Å². The van der Waals surface area contributed by atoms with Gasteiger partial charge in [0.15, 0.2) is 0 Å². The molecule has 0 saturated heterocycles. The molecular weight excluding hydrogens is 348 g/mol. The Bertz CT molecular complexity index is 508. The number of halogens is 1. The normalized spacial score (nSPS) is 17.8. The predicted molar refractivity (Wildman–Crippen MR) is 92.9 cm³/mol. The van der Waals surface area contributed by atoms with Crippen LogP contribution in [0.1, 0.15) is 44.1 Å². The topological polar surface area (TPSA) is 55.1 Å². The number of nitrogens with one attached hydrogen (secondary N) is 1. The van der Waals surface area contributed by atoms with Gasteiger partial charge in [-0.3, -0.25) is 4.79 Å². The fourth-order valence-corrected chi connectivity index (χ4v) is 3.43. The van der Waals surface area contributed by atoms with Crippen molar-refractivity contribution in [3.8, 4) is 0 Å². The molecule has 1 saturated carbocycles. The zero-order valence-electron chi connectivity index (χ0n) is 12.0. The van der Waals surface area contributed by atoms with E-state index in [0.29, 0.717) is 11.5 Å². The Balaban J connectivity index is 2.05. The van der Waals surface area contributed by atoms with Crippen LogP contribution < -0.4 is 11.1 Å². The van der Waals surface area contributed by atoms with E-state index in [-0.39, 0.29) is 5.91 Å². The van der Waals surface area contributed by atoms with Crippen LogP contribution in [0.15, 0.2) is 28.7 Å². The largest absolute Gasteiger partial charge is 0.392 e. The molecule has 1 aromatic rings. The summed E-state index contributed by atoms with van der Waals surface area (Å²) in [6.45, 7) is 0.510. The summed E-state index contributed by atoms with van der Waals surface area (Å²) in [4.78, 5) is 13.0. The smallest absolute Gasteiger partial charge is 0.233 e. The number of thiocarbonyl (C=S) groups is 1. The van der Waals surface area contributed by atoms with Crippen LogP contribution in [0.3, 0.4) is 0 Å². The van der Waals surface area contributed by atoms with Crippen molar-refractivity contribution in [2.75, 3.05) is 0 Å². The summed E-state index contributed by atoms with van der Waals surface area (Å²) in [6, 6.07) is 7.92. The Morgan fingerprint density at radius 1 is 1.19 bits per heavy atom. The summed E-state index contributed by atoms with van der Waals surface area (Å²) in [5.41, 5.74) is 6.34. The van der Waals surface area contributed by atoms with Crippen LogP contribution >= 0.6 is 28.1 Å². The maximum absolute atomic E-state index is 12.7. The van der Waals surface area contributed by atoms with Crippen molar-refractivity contribution in [3.05, 3.63) is 34.3 Å². The summed E-state index contributed by atoms with van der Waals surface area (Å²) >= 11 is 8.63. The van der Waals surface area contributed by atoms with Gasteiger partial charge in [-0.05, 0) is 30.5 Å². The molecule has 5 heteroatoms. The average molecular weight is 369 g/mol. The van der Waals surface area contributed by atoms with Crippen molar-refractivity contribution in [1.29, 1.82) is 0 Å². The van der Waals surface area contributed by atoms with E-state index in [1.54, 1.807) is 0 Å². The Morgan fingerprint density at radius 2 is 1.76 bits per heavy atom. The Morgan fingerprint density at radius 3 is 2.29 bits per heavy atom. The molecule has 0 heterocycles. The maximum atomic E-state index is 12.7. The second kappa shape index (κ2) is 7.36. The molecule has 2 rings (SSSR count). The molecule has 114 valence electrons. The number of rotatable bonds is 4. The summed E-state index contributed by atoms with van der Waals surface area (Å²) < 4.78 is 1.03. The predicted octanol–water partition coefficient (Wildman–Crippen LogP) is 3.69. The summed E-state index contributed by atoms with van der Waals surface area (Å²) in [5.74, 6) is -0.0141. The first-order valence-electron chi connectivity index (χ1n) is 7.37. The molecule has 1 fully saturated rings. The molecule has 0 aromatic heterocycles. The van der Waals surface area contributed by atoms with E-state index in [2.05, 4.69) is 21.2 Å². The van der Waals surface area contributed by atoms with Gasteiger partial charge in [0, 0.05) is 11.0 Å². The van der Waals surface area contributed by atoms with E-state index in [1.807, 2.05) is 24.3 Å². The third-order valence-corrected chi connectivity index (χ3v) is 5.15. The quantitative estimate of drug-likeness (QED) is 0.629. The SMILES string of the molecule is NC(=S)C1(C(=O)NCc2ccc(Br)cc2)CCCCCC1. The van der Waals surface area contributed by atoms with Crippen LogP contribution in [-0.2, 0) is 11.3 Å². The highest BCUT2D eigenvalue weighted by atomic mass is 79.9. The van der Waals surface area contributed by atoms with E-state index in [9.17, 15) is 4.79 Å². The minimum absolute atomic E-state index is 0.0141. The molecule has 0 atom stereocenters. The minimum atomic E-state index is -0.652. The van der Waals surface area contributed by atoms with Gasteiger partial charge in [0.05, 0.1) is 10.4 Å². The van der Waals surface area contributed by atoms with Gasteiger partial charge in [0.2, 0.25) is 5.91 Å². The minimum Gasteiger partial charge on any atom is -0.392 e. The zero-order valence-corrected chi connectivity index (χ0v) is 14.4. The van der Waals surface area contributed by atoms with Gasteiger partial charge in [-0.15, -0.1) is 0 Å². The molecule has 3 N–H and O–H groups in total. The van der Waals surface area contributed by atoms with E-state index in [1.165, 1.54) is 0 Å². The summed E-state index contributed by atoms with van der Waals surface area (Å²) in [6.07, 6.45) is 5.89. The molecule has 0 bridgehead atoms. The lowest BCUT2D eigenvalue weighted by atomic mass is 9.79. The van der Waals surface area contributed by atoms with Crippen LogP contribution in [0.4, 0.5) is 0 Å². The lowest BCUT2D eigenvalue weighted by Gasteiger charge is -2.30. The van der Waals surface area contributed by atoms with Crippen molar-refractivity contribution in [3.63, 3.8) is 0 Å². The number of amides is 1. The summed E-state index contributed by atoms with van der Waals surface area (Å²) in [7, 11) is 0. The molecule has 1 aliphatic carbocycles. The van der Waals surface area contributed by atoms with Crippen LogP contribution in [-0.4, -0.2) is 10.9 Å². The molecule has 1 aliphatic rings. The number of carbonyl (C=O) groups is 1. The van der Waals surface area contributed by atoms with Crippen molar-refractivity contribution in [1.82, 2.24) is 5.32 Å². The van der Waals surface area contributed by atoms with E-state index in [0.717, 1.165) is 48.6 Å². The Kier molecular flexibility index (Phi) is 5.76. The number of benzene rings is 1. The molecular formula is C16H21BrN2OS. The van der Waals surface area contributed by atoms with Crippen LogP contribution in [0.5, 0.6) is 0 Å². The number of hydrogen-bond donors (Lipinski definition) is 2. The molecule has 3 nitrogen and oxygen atoms in total. The monoisotopic (exact) mass is 368 g/mol. The van der Waals surface area contributed by atoms with E-state index < -0.39 is 5.41 Å².